The van der Waals surface area contributed by atoms with E-state index >= 15 is 0 Å². The van der Waals surface area contributed by atoms with Gasteiger partial charge >= 0.3 is 5.97 Å². The van der Waals surface area contributed by atoms with Crippen LogP contribution < -0.4 is 10.1 Å². The van der Waals surface area contributed by atoms with E-state index in [1.807, 2.05) is 0 Å². The molecule has 0 unspecified atom stereocenters. The summed E-state index contributed by atoms with van der Waals surface area (Å²) in [5, 5.41) is 3.36. The molecule has 0 radical (unpaired) electrons. The number of benzene rings is 1. The number of amides is 1. The molecular weight excluding hydrogens is 419 g/mol. The molecule has 1 aliphatic heterocycles. The Morgan fingerprint density at radius 1 is 1.21 bits per heavy atom. The molecule has 2 heterocycles. The van der Waals surface area contributed by atoms with Gasteiger partial charge in [0.2, 0.25) is 5.88 Å². The van der Waals surface area contributed by atoms with Gasteiger partial charge in [-0.15, -0.1) is 0 Å². The third kappa shape index (κ3) is 5.59. The molecule has 1 N–H and O–H groups in total. The Bertz CT molecular complexity index is 870. The second-order valence-corrected chi connectivity index (χ2v) is 7.27. The van der Waals surface area contributed by atoms with Gasteiger partial charge in [-0.25, -0.2) is 9.78 Å². The van der Waals surface area contributed by atoms with Crippen LogP contribution >= 0.6 is 23.2 Å². The zero-order valence-electron chi connectivity index (χ0n) is 15.7. The van der Waals surface area contributed by atoms with Crippen molar-refractivity contribution in [2.24, 2.45) is 0 Å². The van der Waals surface area contributed by atoms with E-state index in [1.54, 1.807) is 24.3 Å². The van der Waals surface area contributed by atoms with Gasteiger partial charge in [0.15, 0.2) is 6.04 Å². The average molecular weight is 439 g/mol. The highest BCUT2D eigenvalue weighted by Crippen LogP contribution is 2.26. The lowest BCUT2D eigenvalue weighted by Gasteiger charge is -2.23. The second-order valence-electron chi connectivity index (χ2n) is 6.42. The first-order valence-corrected chi connectivity index (χ1v) is 9.77. The predicted molar refractivity (Wildman–Crippen MR) is 107 cm³/mol. The summed E-state index contributed by atoms with van der Waals surface area (Å²) in [5.41, 5.74) is 0.727. The lowest BCUT2D eigenvalue weighted by molar-refractivity contribution is -0.143. The molecule has 2 aromatic rings. The van der Waals surface area contributed by atoms with Gasteiger partial charge in [0.25, 0.3) is 5.91 Å². The van der Waals surface area contributed by atoms with Gasteiger partial charge in [0.1, 0.15) is 11.1 Å². The first-order valence-electron chi connectivity index (χ1n) is 9.02. The number of rotatable bonds is 6. The Balaban J connectivity index is 1.73. The van der Waals surface area contributed by atoms with Crippen LogP contribution in [-0.2, 0) is 14.3 Å². The Labute approximate surface area is 178 Å². The molecule has 9 heteroatoms. The summed E-state index contributed by atoms with van der Waals surface area (Å²) in [4.78, 5) is 29.0. The smallest absolute Gasteiger partial charge is 0.333 e. The van der Waals surface area contributed by atoms with Gasteiger partial charge in [-0.2, -0.15) is 0 Å². The largest absolute Gasteiger partial charge is 0.473 e. The molecule has 1 atom stereocenters. The van der Waals surface area contributed by atoms with Crippen LogP contribution in [0, 0.1) is 0 Å². The van der Waals surface area contributed by atoms with E-state index in [2.05, 4.69) is 10.3 Å². The average Bonchev–Trinajstić information content (AvgIpc) is 2.74. The van der Waals surface area contributed by atoms with E-state index < -0.39 is 17.9 Å². The van der Waals surface area contributed by atoms with Gasteiger partial charge in [0.05, 0.1) is 25.9 Å². The topological polar surface area (TPSA) is 86.8 Å². The minimum Gasteiger partial charge on any atom is -0.473 e. The molecule has 0 spiro atoms. The van der Waals surface area contributed by atoms with Crippen molar-refractivity contribution in [3.63, 3.8) is 0 Å². The van der Waals surface area contributed by atoms with Crippen LogP contribution in [-0.4, -0.2) is 43.3 Å². The molecule has 1 fully saturated rings. The third-order valence-corrected chi connectivity index (χ3v) is 4.95. The molecule has 0 aliphatic carbocycles. The number of carbonyl (C=O) groups excluding carboxylic acids is 2. The quantitative estimate of drug-likeness (QED) is 0.693. The van der Waals surface area contributed by atoms with Crippen molar-refractivity contribution in [2.45, 2.75) is 25.0 Å². The van der Waals surface area contributed by atoms with E-state index in [-0.39, 0.29) is 22.6 Å². The van der Waals surface area contributed by atoms with Crippen LogP contribution in [0.4, 0.5) is 0 Å². The Kier molecular flexibility index (Phi) is 7.30. The molecule has 154 valence electrons. The predicted octanol–water partition coefficient (Wildman–Crippen LogP) is 3.59. The standard InChI is InChI=1S/C20H20Cl2N2O5/c1-27-20(26)17(12-2-4-14(21)5-3-12)24-18(25)13-10-16(22)19(23-11-13)29-15-6-8-28-9-7-15/h2-5,10-11,15,17H,6-9H2,1H3,(H,24,25)/t17-/m1/s1. The number of hydrogen-bond donors (Lipinski definition) is 1. The number of aromatic nitrogens is 1. The van der Waals surface area contributed by atoms with Crippen LogP contribution in [0.2, 0.25) is 10.0 Å². The number of nitrogens with zero attached hydrogens (tertiary/aromatic N) is 1. The van der Waals surface area contributed by atoms with E-state index in [9.17, 15) is 9.59 Å². The summed E-state index contributed by atoms with van der Waals surface area (Å²) < 4.78 is 15.9. The van der Waals surface area contributed by atoms with Crippen LogP contribution in [0.1, 0.15) is 34.8 Å². The summed E-state index contributed by atoms with van der Waals surface area (Å²) in [7, 11) is 1.25. The van der Waals surface area contributed by atoms with E-state index in [0.29, 0.717) is 23.8 Å². The van der Waals surface area contributed by atoms with Crippen molar-refractivity contribution < 1.29 is 23.8 Å². The second kappa shape index (κ2) is 9.91. The summed E-state index contributed by atoms with van der Waals surface area (Å²) in [6.07, 6.45) is 2.83. The van der Waals surface area contributed by atoms with E-state index in [4.69, 9.17) is 37.4 Å². The van der Waals surface area contributed by atoms with Crippen molar-refractivity contribution in [1.29, 1.82) is 0 Å². The monoisotopic (exact) mass is 438 g/mol. The highest BCUT2D eigenvalue weighted by Gasteiger charge is 2.25. The summed E-state index contributed by atoms with van der Waals surface area (Å²) in [5.74, 6) is -0.876. The van der Waals surface area contributed by atoms with Crippen LogP contribution in [0.3, 0.4) is 0 Å². The van der Waals surface area contributed by atoms with Crippen molar-refractivity contribution in [3.05, 3.63) is 57.7 Å². The minimum atomic E-state index is -0.998. The number of hydrogen-bond acceptors (Lipinski definition) is 6. The van der Waals surface area contributed by atoms with Gasteiger partial charge in [-0.05, 0) is 23.8 Å². The maximum absolute atomic E-state index is 12.7. The Hall–Kier alpha value is -2.35. The fourth-order valence-corrected chi connectivity index (χ4v) is 3.19. The summed E-state index contributed by atoms with van der Waals surface area (Å²) in [6.45, 7) is 1.25. The fraction of sp³-hybridized carbons (Fsp3) is 0.350. The molecule has 1 saturated heterocycles. The lowest BCUT2D eigenvalue weighted by Crippen LogP contribution is -2.34. The SMILES string of the molecule is COC(=O)[C@H](NC(=O)c1cnc(OC2CCOCC2)c(Cl)c1)c1ccc(Cl)cc1. The molecule has 1 aromatic carbocycles. The minimum absolute atomic E-state index is 0.0259. The number of esters is 1. The maximum Gasteiger partial charge on any atom is 0.333 e. The molecule has 7 nitrogen and oxygen atoms in total. The molecule has 1 aliphatic rings. The van der Waals surface area contributed by atoms with Crippen molar-refractivity contribution in [3.8, 4) is 5.88 Å². The van der Waals surface area contributed by atoms with E-state index in [1.165, 1.54) is 19.4 Å². The molecule has 1 aromatic heterocycles. The molecule has 0 bridgehead atoms. The number of halogens is 2. The summed E-state index contributed by atoms with van der Waals surface area (Å²) >= 11 is 12.1. The van der Waals surface area contributed by atoms with E-state index in [0.717, 1.165) is 12.8 Å². The highest BCUT2D eigenvalue weighted by atomic mass is 35.5. The zero-order valence-corrected chi connectivity index (χ0v) is 17.2. The van der Waals surface area contributed by atoms with Gasteiger partial charge in [-0.1, -0.05) is 35.3 Å². The lowest BCUT2D eigenvalue weighted by atomic mass is 10.1. The Morgan fingerprint density at radius 2 is 1.90 bits per heavy atom. The molecule has 29 heavy (non-hydrogen) atoms. The molecule has 3 rings (SSSR count). The number of carbonyl (C=O) groups is 2. The number of pyridine rings is 1. The number of nitrogens with one attached hydrogen (secondary N) is 1. The van der Waals surface area contributed by atoms with Crippen LogP contribution in [0.25, 0.3) is 0 Å². The summed E-state index contributed by atoms with van der Waals surface area (Å²) in [6, 6.07) is 6.98. The first kappa shape index (κ1) is 21.4. The molecule has 1 amide bonds. The maximum atomic E-state index is 12.7. The van der Waals surface area contributed by atoms with Gasteiger partial charge in [-0.3, -0.25) is 4.79 Å². The number of ether oxygens (including phenoxy) is 3. The molecule has 0 saturated carbocycles. The van der Waals surface area contributed by atoms with Crippen LogP contribution in [0.15, 0.2) is 36.5 Å². The number of methoxy groups -OCH3 is 1. The van der Waals surface area contributed by atoms with Crippen molar-refractivity contribution in [1.82, 2.24) is 10.3 Å². The van der Waals surface area contributed by atoms with Crippen molar-refractivity contribution >= 4 is 35.1 Å². The third-order valence-electron chi connectivity index (χ3n) is 4.43. The zero-order chi connectivity index (χ0) is 20.8. The fourth-order valence-electron chi connectivity index (χ4n) is 2.85. The van der Waals surface area contributed by atoms with Gasteiger partial charge < -0.3 is 19.5 Å². The van der Waals surface area contributed by atoms with Crippen LogP contribution in [0.5, 0.6) is 5.88 Å². The Morgan fingerprint density at radius 3 is 2.52 bits per heavy atom. The highest BCUT2D eigenvalue weighted by molar-refractivity contribution is 6.32. The first-order chi connectivity index (χ1) is 14.0. The van der Waals surface area contributed by atoms with Gasteiger partial charge in [0, 0.05) is 24.1 Å². The normalized spacial score (nSPS) is 15.4. The molecular formula is C20H20Cl2N2O5. The van der Waals surface area contributed by atoms with Crippen molar-refractivity contribution in [2.75, 3.05) is 20.3 Å².